The van der Waals surface area contributed by atoms with Gasteiger partial charge in [0.05, 0.1) is 30.3 Å². The Morgan fingerprint density at radius 1 is 1.32 bits per heavy atom. The van der Waals surface area contributed by atoms with Gasteiger partial charge in [-0.15, -0.1) is 0 Å². The molecule has 1 atom stereocenters. The minimum atomic E-state index is -3.07. The van der Waals surface area contributed by atoms with Crippen molar-refractivity contribution in [2.24, 2.45) is 0 Å². The van der Waals surface area contributed by atoms with Crippen LogP contribution < -0.4 is 5.56 Å². The molecule has 1 saturated heterocycles. The molecule has 0 amide bonds. The first-order valence-corrected chi connectivity index (χ1v) is 10.8. The third-order valence-corrected chi connectivity index (χ3v) is 6.71. The molecule has 0 bridgehead atoms. The molecule has 1 aliphatic heterocycles. The molecule has 28 heavy (non-hydrogen) atoms. The fourth-order valence-electron chi connectivity index (χ4n) is 3.61. The standard InChI is InChI=1S/C19H20N4O4S/c1-13-3-2-4-14(7-13)8-16(24)10-22-12-20-18-17(19(22)25)9-21-23(18)15-5-6-28(26,27)11-15/h2-4,7,9,12,15H,5-6,8,10-11H2,1H3. The Balaban J connectivity index is 1.57. The summed E-state index contributed by atoms with van der Waals surface area (Å²) in [6, 6.07) is 7.38. The second-order valence-electron chi connectivity index (χ2n) is 7.27. The molecule has 0 radical (unpaired) electrons. The zero-order valence-corrected chi connectivity index (χ0v) is 16.2. The van der Waals surface area contributed by atoms with Gasteiger partial charge in [-0.2, -0.15) is 5.10 Å². The fourth-order valence-corrected chi connectivity index (χ4v) is 5.30. The molecule has 1 fully saturated rings. The molecule has 0 aliphatic carbocycles. The van der Waals surface area contributed by atoms with Crippen LogP contribution in [-0.4, -0.2) is 45.0 Å². The number of fused-ring (bicyclic) bond motifs is 1. The second kappa shape index (κ2) is 6.97. The maximum atomic E-state index is 12.7. The average molecular weight is 400 g/mol. The van der Waals surface area contributed by atoms with Crippen LogP contribution in [0.15, 0.2) is 41.6 Å². The van der Waals surface area contributed by atoms with E-state index in [0.29, 0.717) is 12.1 Å². The van der Waals surface area contributed by atoms with E-state index in [0.717, 1.165) is 11.1 Å². The van der Waals surface area contributed by atoms with Crippen molar-refractivity contribution >= 4 is 26.7 Å². The molecule has 1 aromatic carbocycles. The second-order valence-corrected chi connectivity index (χ2v) is 9.49. The summed E-state index contributed by atoms with van der Waals surface area (Å²) in [6.07, 6.45) is 3.43. The van der Waals surface area contributed by atoms with Gasteiger partial charge in [0.1, 0.15) is 11.7 Å². The van der Waals surface area contributed by atoms with Crippen LogP contribution >= 0.6 is 0 Å². The Morgan fingerprint density at radius 3 is 2.86 bits per heavy atom. The van der Waals surface area contributed by atoms with E-state index in [-0.39, 0.29) is 47.2 Å². The van der Waals surface area contributed by atoms with Crippen LogP contribution in [0.1, 0.15) is 23.6 Å². The Bertz CT molecular complexity index is 1230. The van der Waals surface area contributed by atoms with Crippen LogP contribution in [0.3, 0.4) is 0 Å². The number of rotatable bonds is 5. The van der Waals surface area contributed by atoms with Gasteiger partial charge in [-0.25, -0.2) is 18.1 Å². The van der Waals surface area contributed by atoms with Crippen LogP contribution in [-0.2, 0) is 27.6 Å². The van der Waals surface area contributed by atoms with E-state index in [1.807, 2.05) is 31.2 Å². The molecule has 3 heterocycles. The number of hydrogen-bond acceptors (Lipinski definition) is 6. The smallest absolute Gasteiger partial charge is 0.264 e. The van der Waals surface area contributed by atoms with E-state index in [1.165, 1.54) is 21.8 Å². The first-order valence-electron chi connectivity index (χ1n) is 9.03. The number of nitrogens with zero attached hydrogens (tertiary/aromatic N) is 4. The highest BCUT2D eigenvalue weighted by Crippen LogP contribution is 2.25. The zero-order valence-electron chi connectivity index (χ0n) is 15.4. The molecule has 146 valence electrons. The van der Waals surface area contributed by atoms with Crippen LogP contribution in [0.4, 0.5) is 0 Å². The van der Waals surface area contributed by atoms with Crippen molar-refractivity contribution in [2.45, 2.75) is 32.4 Å². The molecule has 8 nitrogen and oxygen atoms in total. The predicted molar refractivity (Wildman–Crippen MR) is 104 cm³/mol. The van der Waals surface area contributed by atoms with E-state index in [2.05, 4.69) is 10.1 Å². The van der Waals surface area contributed by atoms with Crippen molar-refractivity contribution in [1.82, 2.24) is 19.3 Å². The fraction of sp³-hybridized carbons (Fsp3) is 0.368. The highest BCUT2D eigenvalue weighted by atomic mass is 32.2. The van der Waals surface area contributed by atoms with Gasteiger partial charge < -0.3 is 0 Å². The first kappa shape index (κ1) is 18.5. The summed E-state index contributed by atoms with van der Waals surface area (Å²) >= 11 is 0. The highest BCUT2D eigenvalue weighted by molar-refractivity contribution is 7.91. The monoisotopic (exact) mass is 400 g/mol. The minimum absolute atomic E-state index is 0.00350. The van der Waals surface area contributed by atoms with Crippen LogP contribution in [0.25, 0.3) is 11.0 Å². The summed E-state index contributed by atoms with van der Waals surface area (Å²) in [6.45, 7) is 1.89. The molecule has 1 aliphatic rings. The quantitative estimate of drug-likeness (QED) is 0.635. The van der Waals surface area contributed by atoms with Crippen molar-refractivity contribution in [2.75, 3.05) is 11.5 Å². The number of benzene rings is 1. The van der Waals surface area contributed by atoms with Crippen LogP contribution in [0.5, 0.6) is 0 Å². The summed E-state index contributed by atoms with van der Waals surface area (Å²) in [4.78, 5) is 29.4. The molecular weight excluding hydrogens is 380 g/mol. The van der Waals surface area contributed by atoms with Gasteiger partial charge in [-0.05, 0) is 18.9 Å². The van der Waals surface area contributed by atoms with E-state index in [4.69, 9.17) is 0 Å². The lowest BCUT2D eigenvalue weighted by Crippen LogP contribution is -2.25. The van der Waals surface area contributed by atoms with Gasteiger partial charge in [0.25, 0.3) is 5.56 Å². The van der Waals surface area contributed by atoms with Crippen LogP contribution in [0.2, 0.25) is 0 Å². The average Bonchev–Trinajstić information content (AvgIpc) is 3.20. The number of aryl methyl sites for hydroxylation is 1. The Kier molecular flexibility index (Phi) is 4.62. The van der Waals surface area contributed by atoms with Gasteiger partial charge in [0.2, 0.25) is 0 Å². The molecule has 0 saturated carbocycles. The van der Waals surface area contributed by atoms with Crippen molar-refractivity contribution in [3.63, 3.8) is 0 Å². The number of carbonyl (C=O) groups is 1. The number of sulfone groups is 1. The number of hydrogen-bond donors (Lipinski definition) is 0. The van der Waals surface area contributed by atoms with Crippen molar-refractivity contribution in [1.29, 1.82) is 0 Å². The van der Waals surface area contributed by atoms with Gasteiger partial charge in [-0.3, -0.25) is 14.2 Å². The molecule has 9 heteroatoms. The zero-order chi connectivity index (χ0) is 19.9. The van der Waals surface area contributed by atoms with Gasteiger partial charge in [0, 0.05) is 6.42 Å². The first-order chi connectivity index (χ1) is 13.3. The number of carbonyl (C=O) groups excluding carboxylic acids is 1. The molecule has 3 aromatic rings. The number of Topliss-reactive ketones (excluding diaryl/α,β-unsaturated/α-hetero) is 1. The Labute approximate surface area is 161 Å². The third-order valence-electron chi connectivity index (χ3n) is 4.96. The molecule has 2 aromatic heterocycles. The lowest BCUT2D eigenvalue weighted by molar-refractivity contribution is -0.119. The summed E-state index contributed by atoms with van der Waals surface area (Å²) in [5.41, 5.74) is 1.98. The van der Waals surface area contributed by atoms with Gasteiger partial charge in [0.15, 0.2) is 21.3 Å². The summed E-state index contributed by atoms with van der Waals surface area (Å²) in [5.74, 6) is 0.0238. The largest absolute Gasteiger partial charge is 0.297 e. The van der Waals surface area contributed by atoms with Crippen LogP contribution in [0, 0.1) is 6.92 Å². The van der Waals surface area contributed by atoms with Crippen molar-refractivity contribution in [3.05, 3.63) is 58.3 Å². The van der Waals surface area contributed by atoms with Crippen molar-refractivity contribution in [3.8, 4) is 0 Å². The lowest BCUT2D eigenvalue weighted by Gasteiger charge is -2.10. The predicted octanol–water partition coefficient (Wildman–Crippen LogP) is 1.07. The van der Waals surface area contributed by atoms with E-state index in [9.17, 15) is 18.0 Å². The molecule has 4 rings (SSSR count). The lowest BCUT2D eigenvalue weighted by atomic mass is 10.1. The molecule has 0 N–H and O–H groups in total. The van der Waals surface area contributed by atoms with E-state index < -0.39 is 9.84 Å². The maximum Gasteiger partial charge on any atom is 0.264 e. The van der Waals surface area contributed by atoms with Gasteiger partial charge in [-0.1, -0.05) is 29.8 Å². The highest BCUT2D eigenvalue weighted by Gasteiger charge is 2.31. The Hall–Kier alpha value is -2.81. The van der Waals surface area contributed by atoms with Gasteiger partial charge >= 0.3 is 0 Å². The molecule has 1 unspecified atom stereocenters. The van der Waals surface area contributed by atoms with E-state index >= 15 is 0 Å². The SMILES string of the molecule is Cc1cccc(CC(=O)Cn2cnc3c(cnn3C3CCS(=O)(=O)C3)c2=O)c1. The van der Waals surface area contributed by atoms with Crippen molar-refractivity contribution < 1.29 is 13.2 Å². The maximum absolute atomic E-state index is 12.7. The normalized spacial score (nSPS) is 18.5. The van der Waals surface area contributed by atoms with E-state index in [1.54, 1.807) is 0 Å². The number of ketones is 1. The summed E-state index contributed by atoms with van der Waals surface area (Å²) < 4.78 is 26.2. The summed E-state index contributed by atoms with van der Waals surface area (Å²) in [7, 11) is -3.07. The number of aromatic nitrogens is 4. The molecule has 0 spiro atoms. The minimum Gasteiger partial charge on any atom is -0.297 e. The topological polar surface area (TPSA) is 104 Å². The third kappa shape index (κ3) is 3.62. The molecular formula is C19H20N4O4S. The Morgan fingerprint density at radius 2 is 2.14 bits per heavy atom. The summed E-state index contributed by atoms with van der Waals surface area (Å²) in [5, 5.41) is 4.48.